The van der Waals surface area contributed by atoms with Crippen LogP contribution in [0.1, 0.15) is 11.1 Å². The third kappa shape index (κ3) is 1.75. The second-order valence-corrected chi connectivity index (χ2v) is 2.68. The number of nitrogens with zero attached hydrogens (tertiary/aromatic N) is 2. The molecule has 0 amide bonds. The Morgan fingerprint density at radius 1 is 1.33 bits per heavy atom. The Kier molecular flexibility index (Phi) is 2.69. The molecule has 1 aromatic rings. The molecule has 0 saturated heterocycles. The molecule has 0 unspecified atom stereocenters. The van der Waals surface area contributed by atoms with Gasteiger partial charge in [-0.15, -0.1) is 0 Å². The van der Waals surface area contributed by atoms with Gasteiger partial charge in [0.1, 0.15) is 0 Å². The van der Waals surface area contributed by atoms with Crippen LogP contribution in [-0.2, 0) is 6.42 Å². The van der Waals surface area contributed by atoms with Crippen LogP contribution in [0.15, 0.2) is 18.2 Å². The topological polar surface area (TPSA) is 47.6 Å². The van der Waals surface area contributed by atoms with Crippen LogP contribution in [0.3, 0.4) is 0 Å². The van der Waals surface area contributed by atoms with Crippen molar-refractivity contribution in [1.82, 2.24) is 0 Å². The van der Waals surface area contributed by atoms with E-state index in [1.165, 1.54) is 0 Å². The molecule has 12 heavy (non-hydrogen) atoms. The quantitative estimate of drug-likeness (QED) is 0.659. The molecule has 0 radical (unpaired) electrons. The van der Waals surface area contributed by atoms with Gasteiger partial charge < -0.3 is 0 Å². The van der Waals surface area contributed by atoms with Gasteiger partial charge >= 0.3 is 0 Å². The first kappa shape index (κ1) is 8.59. The van der Waals surface area contributed by atoms with Crippen LogP contribution >= 0.6 is 11.6 Å². The van der Waals surface area contributed by atoms with Gasteiger partial charge in [0.25, 0.3) is 0 Å². The number of rotatable bonds is 1. The molecule has 0 N–H and O–H groups in total. The van der Waals surface area contributed by atoms with E-state index in [0.717, 1.165) is 0 Å². The van der Waals surface area contributed by atoms with Gasteiger partial charge in [0, 0.05) is 5.02 Å². The Hall–Kier alpha value is -1.51. The predicted molar refractivity (Wildman–Crippen MR) is 45.5 cm³/mol. The van der Waals surface area contributed by atoms with Gasteiger partial charge in [-0.25, -0.2) is 0 Å². The van der Waals surface area contributed by atoms with Crippen molar-refractivity contribution in [2.75, 3.05) is 0 Å². The number of hydrogen-bond donors (Lipinski definition) is 0. The summed E-state index contributed by atoms with van der Waals surface area (Å²) in [6, 6.07) is 8.88. The van der Waals surface area contributed by atoms with E-state index in [2.05, 4.69) is 0 Å². The molecular weight excluding hydrogens is 172 g/mol. The second-order valence-electron chi connectivity index (χ2n) is 2.25. The van der Waals surface area contributed by atoms with E-state index in [9.17, 15) is 0 Å². The zero-order valence-corrected chi connectivity index (χ0v) is 6.97. The molecular formula is C9H5ClN2. The molecule has 0 spiro atoms. The van der Waals surface area contributed by atoms with Crippen LogP contribution in [0.4, 0.5) is 0 Å². The molecule has 2 nitrogen and oxygen atoms in total. The zero-order chi connectivity index (χ0) is 8.97. The summed E-state index contributed by atoms with van der Waals surface area (Å²) in [7, 11) is 0. The molecule has 3 heteroatoms. The Morgan fingerprint density at radius 3 is 2.67 bits per heavy atom. The number of hydrogen-bond acceptors (Lipinski definition) is 2. The van der Waals surface area contributed by atoms with Gasteiger partial charge in [0.05, 0.1) is 24.1 Å². The Bertz CT molecular complexity index is 371. The van der Waals surface area contributed by atoms with Crippen molar-refractivity contribution in [3.63, 3.8) is 0 Å². The minimum Gasteiger partial charge on any atom is -0.198 e. The average molecular weight is 177 g/mol. The van der Waals surface area contributed by atoms with Gasteiger partial charge in [-0.1, -0.05) is 11.6 Å². The van der Waals surface area contributed by atoms with Crippen molar-refractivity contribution < 1.29 is 0 Å². The highest BCUT2D eigenvalue weighted by Gasteiger charge is 2.01. The molecule has 0 saturated carbocycles. The van der Waals surface area contributed by atoms with Crippen molar-refractivity contribution in [2.45, 2.75) is 6.42 Å². The summed E-state index contributed by atoms with van der Waals surface area (Å²) in [6.07, 6.45) is 0.226. The van der Waals surface area contributed by atoms with Gasteiger partial charge in [-0.2, -0.15) is 10.5 Å². The predicted octanol–water partition coefficient (Wildman–Crippen LogP) is 2.28. The lowest BCUT2D eigenvalue weighted by Gasteiger charge is -1.97. The molecule has 1 rings (SSSR count). The zero-order valence-electron chi connectivity index (χ0n) is 6.21. The molecule has 1 aromatic carbocycles. The lowest BCUT2D eigenvalue weighted by Crippen LogP contribution is -1.87. The summed E-state index contributed by atoms with van der Waals surface area (Å²) in [5.74, 6) is 0. The van der Waals surface area contributed by atoms with Crippen LogP contribution in [0.5, 0.6) is 0 Å². The monoisotopic (exact) mass is 176 g/mol. The van der Waals surface area contributed by atoms with Crippen molar-refractivity contribution in [3.05, 3.63) is 34.3 Å². The maximum absolute atomic E-state index is 8.63. The van der Waals surface area contributed by atoms with E-state index in [-0.39, 0.29) is 6.42 Å². The highest BCUT2D eigenvalue weighted by atomic mass is 35.5. The average Bonchev–Trinajstić information content (AvgIpc) is 2.05. The van der Waals surface area contributed by atoms with Crippen LogP contribution in [-0.4, -0.2) is 0 Å². The lowest BCUT2D eigenvalue weighted by atomic mass is 10.1. The van der Waals surface area contributed by atoms with Crippen molar-refractivity contribution >= 4 is 11.6 Å². The first-order valence-electron chi connectivity index (χ1n) is 3.33. The van der Waals surface area contributed by atoms with Crippen molar-refractivity contribution in [3.8, 4) is 12.1 Å². The largest absolute Gasteiger partial charge is 0.198 e. The number of benzene rings is 1. The summed E-state index contributed by atoms with van der Waals surface area (Å²) in [5, 5.41) is 17.6. The normalized spacial score (nSPS) is 8.58. The fourth-order valence-electron chi connectivity index (χ4n) is 0.903. The highest BCUT2D eigenvalue weighted by molar-refractivity contribution is 6.30. The third-order valence-corrected chi connectivity index (χ3v) is 1.69. The molecule has 0 aliphatic carbocycles. The van der Waals surface area contributed by atoms with E-state index in [1.54, 1.807) is 18.2 Å². The summed E-state index contributed by atoms with van der Waals surface area (Å²) >= 11 is 5.69. The van der Waals surface area contributed by atoms with Crippen LogP contribution in [0.2, 0.25) is 5.02 Å². The highest BCUT2D eigenvalue weighted by Crippen LogP contribution is 2.15. The fourth-order valence-corrected chi connectivity index (χ4v) is 1.10. The standard InChI is InChI=1S/C9H5ClN2/c10-9-2-1-8(6-12)7(5-9)3-4-11/h1-2,5H,3H2. The van der Waals surface area contributed by atoms with Gasteiger partial charge in [0.2, 0.25) is 0 Å². The number of halogens is 1. The van der Waals surface area contributed by atoms with Crippen molar-refractivity contribution in [2.24, 2.45) is 0 Å². The van der Waals surface area contributed by atoms with E-state index < -0.39 is 0 Å². The fraction of sp³-hybridized carbons (Fsp3) is 0.111. The van der Waals surface area contributed by atoms with Crippen molar-refractivity contribution in [1.29, 1.82) is 10.5 Å². The minimum atomic E-state index is 0.226. The third-order valence-electron chi connectivity index (χ3n) is 1.46. The lowest BCUT2D eigenvalue weighted by molar-refractivity contribution is 1.24. The Labute approximate surface area is 75.6 Å². The first-order valence-corrected chi connectivity index (χ1v) is 3.71. The molecule has 0 aromatic heterocycles. The number of nitriles is 2. The maximum atomic E-state index is 8.63. The van der Waals surface area contributed by atoms with E-state index in [0.29, 0.717) is 16.1 Å². The minimum absolute atomic E-state index is 0.226. The van der Waals surface area contributed by atoms with E-state index in [1.807, 2.05) is 12.1 Å². The van der Waals surface area contributed by atoms with Crippen LogP contribution in [0, 0.1) is 22.7 Å². The van der Waals surface area contributed by atoms with Crippen LogP contribution in [0.25, 0.3) is 0 Å². The van der Waals surface area contributed by atoms with Gasteiger partial charge in [-0.3, -0.25) is 0 Å². The van der Waals surface area contributed by atoms with Gasteiger partial charge in [-0.05, 0) is 23.8 Å². The van der Waals surface area contributed by atoms with E-state index >= 15 is 0 Å². The molecule has 0 fully saturated rings. The Balaban J connectivity index is 3.16. The van der Waals surface area contributed by atoms with E-state index in [4.69, 9.17) is 22.1 Å². The molecule has 0 bridgehead atoms. The van der Waals surface area contributed by atoms with Gasteiger partial charge in [0.15, 0.2) is 0 Å². The molecule has 0 aliphatic heterocycles. The summed E-state index contributed by atoms with van der Waals surface area (Å²) in [5.41, 5.74) is 1.20. The first-order chi connectivity index (χ1) is 5.77. The SMILES string of the molecule is N#CCc1cc(Cl)ccc1C#N. The summed E-state index contributed by atoms with van der Waals surface area (Å²) < 4.78 is 0. The maximum Gasteiger partial charge on any atom is 0.0994 e. The van der Waals surface area contributed by atoms with Crippen LogP contribution < -0.4 is 0 Å². The molecule has 0 heterocycles. The summed E-state index contributed by atoms with van der Waals surface area (Å²) in [4.78, 5) is 0. The second kappa shape index (κ2) is 3.76. The molecule has 58 valence electrons. The molecule has 0 aliphatic rings. The summed E-state index contributed by atoms with van der Waals surface area (Å²) in [6.45, 7) is 0. The molecule has 0 atom stereocenters. The Morgan fingerprint density at radius 2 is 2.08 bits per heavy atom. The smallest absolute Gasteiger partial charge is 0.0994 e.